The largest absolute Gasteiger partial charge is 0.378 e. The van der Waals surface area contributed by atoms with Gasteiger partial charge in [-0.2, -0.15) is 4.98 Å². The van der Waals surface area contributed by atoms with Crippen LogP contribution in [0.25, 0.3) is 0 Å². The number of hydrogen-bond donors (Lipinski definition) is 2. The number of hydrogen-bond acceptors (Lipinski definition) is 7. The van der Waals surface area contributed by atoms with E-state index >= 15 is 0 Å². The molecule has 3 rings (SSSR count). The number of nitrogens with zero attached hydrogens (tertiary/aromatic N) is 4. The summed E-state index contributed by atoms with van der Waals surface area (Å²) in [7, 11) is 0. The van der Waals surface area contributed by atoms with Gasteiger partial charge >= 0.3 is 5.69 Å². The third kappa shape index (κ3) is 4.05. The van der Waals surface area contributed by atoms with Crippen LogP contribution < -0.4 is 11.1 Å². The highest BCUT2D eigenvalue weighted by Crippen LogP contribution is 2.21. The molecule has 9 nitrogen and oxygen atoms in total. The third-order valence-electron chi connectivity index (χ3n) is 4.33. The van der Waals surface area contributed by atoms with Crippen LogP contribution in [-0.2, 0) is 11.2 Å². The van der Waals surface area contributed by atoms with Gasteiger partial charge in [0.15, 0.2) is 0 Å². The van der Waals surface area contributed by atoms with Crippen molar-refractivity contribution in [3.05, 3.63) is 52.2 Å². The summed E-state index contributed by atoms with van der Waals surface area (Å²) in [6.45, 7) is 1.35. The van der Waals surface area contributed by atoms with E-state index in [2.05, 4.69) is 27.4 Å². The molecule has 0 bridgehead atoms. The van der Waals surface area contributed by atoms with Gasteiger partial charge in [0.1, 0.15) is 12.2 Å². The summed E-state index contributed by atoms with van der Waals surface area (Å²) in [6.07, 6.45) is 3.49. The lowest BCUT2D eigenvalue weighted by Crippen LogP contribution is -2.34. The zero-order chi connectivity index (χ0) is 18.5. The van der Waals surface area contributed by atoms with Crippen LogP contribution in [0.3, 0.4) is 0 Å². The van der Waals surface area contributed by atoms with Gasteiger partial charge in [0.2, 0.25) is 17.7 Å². The number of aryl methyl sites for hydroxylation is 1. The number of carbonyl (C=O) groups is 1. The van der Waals surface area contributed by atoms with E-state index in [4.69, 9.17) is 5.73 Å². The van der Waals surface area contributed by atoms with Crippen LogP contribution in [0.15, 0.2) is 36.5 Å². The van der Waals surface area contributed by atoms with Crippen molar-refractivity contribution in [3.8, 4) is 0 Å². The van der Waals surface area contributed by atoms with E-state index in [1.165, 1.54) is 5.56 Å². The molecule has 0 radical (unpaired) electrons. The monoisotopic (exact) mass is 356 g/mol. The first-order valence-electron chi connectivity index (χ1n) is 8.41. The van der Waals surface area contributed by atoms with E-state index in [0.29, 0.717) is 19.5 Å². The van der Waals surface area contributed by atoms with E-state index in [-0.39, 0.29) is 23.4 Å². The second kappa shape index (κ2) is 7.77. The highest BCUT2D eigenvalue weighted by atomic mass is 16.6. The SMILES string of the molecule is Nc1nc(NC2CCN(CCCc3ccccc3)C2=O)ncc1[N+](=O)[O-]. The molecule has 3 N–H and O–H groups in total. The Morgan fingerprint density at radius 1 is 1.35 bits per heavy atom. The van der Waals surface area contributed by atoms with Crippen LogP contribution in [0, 0.1) is 10.1 Å². The number of rotatable bonds is 7. The Morgan fingerprint density at radius 3 is 2.81 bits per heavy atom. The quantitative estimate of drug-likeness (QED) is 0.570. The number of nitrogens with one attached hydrogen (secondary N) is 1. The molecule has 1 saturated heterocycles. The fourth-order valence-electron chi connectivity index (χ4n) is 2.97. The first kappa shape index (κ1) is 17.6. The molecule has 1 aromatic carbocycles. The number of nitro groups is 1. The van der Waals surface area contributed by atoms with Gasteiger partial charge in [-0.25, -0.2) is 4.98 Å². The van der Waals surface area contributed by atoms with Crippen LogP contribution in [-0.4, -0.2) is 44.8 Å². The Hall–Kier alpha value is -3.23. The zero-order valence-electron chi connectivity index (χ0n) is 14.2. The molecular formula is C17H20N6O3. The van der Waals surface area contributed by atoms with Gasteiger partial charge in [-0.05, 0) is 24.8 Å². The minimum Gasteiger partial charge on any atom is -0.378 e. The summed E-state index contributed by atoms with van der Waals surface area (Å²) in [4.78, 5) is 32.1. The molecule has 0 saturated carbocycles. The molecule has 26 heavy (non-hydrogen) atoms. The molecule has 1 aliphatic rings. The van der Waals surface area contributed by atoms with E-state index in [1.807, 2.05) is 23.1 Å². The van der Waals surface area contributed by atoms with Crippen molar-refractivity contribution in [2.45, 2.75) is 25.3 Å². The van der Waals surface area contributed by atoms with Gasteiger partial charge in [-0.1, -0.05) is 30.3 Å². The molecule has 1 aliphatic heterocycles. The lowest BCUT2D eigenvalue weighted by atomic mass is 10.1. The van der Waals surface area contributed by atoms with Crippen molar-refractivity contribution >= 4 is 23.4 Å². The average Bonchev–Trinajstić information content (AvgIpc) is 2.96. The average molecular weight is 356 g/mol. The van der Waals surface area contributed by atoms with Crippen molar-refractivity contribution in [1.29, 1.82) is 0 Å². The van der Waals surface area contributed by atoms with Crippen LogP contribution in [0.4, 0.5) is 17.5 Å². The van der Waals surface area contributed by atoms with E-state index in [1.54, 1.807) is 0 Å². The smallest absolute Gasteiger partial charge is 0.329 e. The second-order valence-corrected chi connectivity index (χ2v) is 6.12. The van der Waals surface area contributed by atoms with Crippen molar-refractivity contribution in [3.63, 3.8) is 0 Å². The Morgan fingerprint density at radius 2 is 2.12 bits per heavy atom. The number of benzene rings is 1. The summed E-state index contributed by atoms with van der Waals surface area (Å²) in [5, 5.41) is 13.7. The highest BCUT2D eigenvalue weighted by molar-refractivity contribution is 5.86. The molecule has 1 unspecified atom stereocenters. The Labute approximate surface area is 150 Å². The number of amides is 1. The Balaban J connectivity index is 1.52. The van der Waals surface area contributed by atoms with Crippen molar-refractivity contribution in [2.75, 3.05) is 24.1 Å². The summed E-state index contributed by atoms with van der Waals surface area (Å²) in [5.41, 5.74) is 6.45. The topological polar surface area (TPSA) is 127 Å². The molecule has 0 aliphatic carbocycles. The summed E-state index contributed by atoms with van der Waals surface area (Å²) in [5.74, 6) is -0.117. The standard InChI is InChI=1S/C17H20N6O3/c18-15-14(23(25)26)11-19-17(21-15)20-13-8-10-22(16(13)24)9-4-7-12-5-2-1-3-6-12/h1-3,5-6,11,13H,4,7-10H2,(H3,18,19,20,21). The zero-order valence-corrected chi connectivity index (χ0v) is 14.2. The van der Waals surface area contributed by atoms with Gasteiger partial charge < -0.3 is 16.0 Å². The third-order valence-corrected chi connectivity index (χ3v) is 4.33. The lowest BCUT2D eigenvalue weighted by Gasteiger charge is -2.17. The molecule has 2 heterocycles. The maximum Gasteiger partial charge on any atom is 0.329 e. The van der Waals surface area contributed by atoms with E-state index in [0.717, 1.165) is 19.0 Å². The fourth-order valence-corrected chi connectivity index (χ4v) is 2.97. The number of carbonyl (C=O) groups excluding carboxylic acids is 1. The van der Waals surface area contributed by atoms with E-state index in [9.17, 15) is 14.9 Å². The predicted octanol–water partition coefficient (Wildman–Crippen LogP) is 1.61. The first-order chi connectivity index (χ1) is 12.5. The molecule has 1 amide bonds. The first-order valence-corrected chi connectivity index (χ1v) is 8.41. The summed E-state index contributed by atoms with van der Waals surface area (Å²) in [6, 6.07) is 9.71. The van der Waals surface area contributed by atoms with Crippen molar-refractivity contribution in [2.24, 2.45) is 0 Å². The van der Waals surface area contributed by atoms with Crippen molar-refractivity contribution < 1.29 is 9.72 Å². The maximum absolute atomic E-state index is 12.5. The molecule has 1 fully saturated rings. The molecular weight excluding hydrogens is 336 g/mol. The molecule has 1 aromatic heterocycles. The van der Waals surface area contributed by atoms with Gasteiger partial charge in [0, 0.05) is 13.1 Å². The normalized spacial score (nSPS) is 16.7. The summed E-state index contributed by atoms with van der Waals surface area (Å²) < 4.78 is 0. The van der Waals surface area contributed by atoms with Crippen LogP contribution in [0.2, 0.25) is 0 Å². The molecule has 2 aromatic rings. The van der Waals surface area contributed by atoms with E-state index < -0.39 is 11.0 Å². The number of likely N-dealkylation sites (tertiary alicyclic amines) is 1. The van der Waals surface area contributed by atoms with Crippen LogP contribution in [0.5, 0.6) is 0 Å². The summed E-state index contributed by atoms with van der Waals surface area (Å²) >= 11 is 0. The van der Waals surface area contributed by atoms with Gasteiger partial charge in [0.25, 0.3) is 0 Å². The fraction of sp³-hybridized carbons (Fsp3) is 0.353. The van der Waals surface area contributed by atoms with Crippen LogP contribution >= 0.6 is 0 Å². The number of aromatic nitrogens is 2. The van der Waals surface area contributed by atoms with Gasteiger partial charge in [-0.3, -0.25) is 14.9 Å². The van der Waals surface area contributed by atoms with Crippen molar-refractivity contribution in [1.82, 2.24) is 14.9 Å². The van der Waals surface area contributed by atoms with Crippen LogP contribution in [0.1, 0.15) is 18.4 Å². The molecule has 9 heteroatoms. The minimum atomic E-state index is -0.645. The Kier molecular flexibility index (Phi) is 5.26. The predicted molar refractivity (Wildman–Crippen MR) is 96.5 cm³/mol. The number of nitrogen functional groups attached to an aromatic ring is 1. The molecule has 1 atom stereocenters. The lowest BCUT2D eigenvalue weighted by molar-refractivity contribution is -0.384. The molecule has 0 spiro atoms. The minimum absolute atomic E-state index is 0.0152. The number of nitrogens with two attached hydrogens (primary N) is 1. The Bertz CT molecular complexity index is 798. The maximum atomic E-state index is 12.5. The number of anilines is 2. The second-order valence-electron chi connectivity index (χ2n) is 6.12. The molecule has 136 valence electrons. The van der Waals surface area contributed by atoms with Gasteiger partial charge in [0.05, 0.1) is 4.92 Å². The van der Waals surface area contributed by atoms with Gasteiger partial charge in [-0.15, -0.1) is 0 Å². The highest BCUT2D eigenvalue weighted by Gasteiger charge is 2.31.